The van der Waals surface area contributed by atoms with Crippen LogP contribution in [0.2, 0.25) is 5.02 Å². The highest BCUT2D eigenvalue weighted by molar-refractivity contribution is 7.17. The summed E-state index contributed by atoms with van der Waals surface area (Å²) in [6.45, 7) is 0. The van der Waals surface area contributed by atoms with Crippen molar-refractivity contribution in [3.8, 4) is 0 Å². The van der Waals surface area contributed by atoms with Crippen molar-refractivity contribution in [3.05, 3.63) is 70.1 Å². The molecule has 1 N–H and O–H groups in total. The topological polar surface area (TPSA) is 12.0 Å². The van der Waals surface area contributed by atoms with Crippen molar-refractivity contribution < 1.29 is 0 Å². The molecule has 0 spiro atoms. The summed E-state index contributed by atoms with van der Waals surface area (Å²) in [5, 5.41) is 7.85. The van der Waals surface area contributed by atoms with Gasteiger partial charge >= 0.3 is 0 Å². The van der Waals surface area contributed by atoms with Gasteiger partial charge in [-0.3, -0.25) is 0 Å². The van der Waals surface area contributed by atoms with E-state index in [1.54, 1.807) is 11.3 Å². The zero-order valence-corrected chi connectivity index (χ0v) is 12.8. The molecule has 0 saturated heterocycles. The van der Waals surface area contributed by atoms with E-state index in [0.717, 1.165) is 11.4 Å². The fourth-order valence-electron chi connectivity index (χ4n) is 2.52. The number of hydrogen-bond acceptors (Lipinski definition) is 2. The quantitative estimate of drug-likeness (QED) is 0.710. The van der Waals surface area contributed by atoms with Crippen molar-refractivity contribution >= 4 is 33.0 Å². The lowest BCUT2D eigenvalue weighted by atomic mass is 9.98. The van der Waals surface area contributed by atoms with E-state index in [9.17, 15) is 0 Å². The highest BCUT2D eigenvalue weighted by Crippen LogP contribution is 2.32. The molecule has 0 bridgehead atoms. The standard InChI is InChI=1S/C17H16ClNS/c1-19-16(10-12-6-2-4-8-15(12)18)14-11-20-17-9-5-3-7-13(14)17/h2-9,11,16,19H,10H2,1H3. The van der Waals surface area contributed by atoms with E-state index in [1.807, 2.05) is 25.2 Å². The highest BCUT2D eigenvalue weighted by atomic mass is 35.5. The summed E-state index contributed by atoms with van der Waals surface area (Å²) in [5.41, 5.74) is 2.54. The number of benzene rings is 2. The van der Waals surface area contributed by atoms with Crippen molar-refractivity contribution in [3.63, 3.8) is 0 Å². The van der Waals surface area contributed by atoms with Crippen LogP contribution in [0.3, 0.4) is 0 Å². The average molecular weight is 302 g/mol. The molecule has 0 saturated carbocycles. The maximum Gasteiger partial charge on any atom is 0.0438 e. The third kappa shape index (κ3) is 2.59. The van der Waals surface area contributed by atoms with Crippen LogP contribution in [0.5, 0.6) is 0 Å². The number of thiophene rings is 1. The Labute approximate surface area is 128 Å². The van der Waals surface area contributed by atoms with Gasteiger partial charge in [-0.2, -0.15) is 0 Å². The fraction of sp³-hybridized carbons (Fsp3) is 0.176. The number of rotatable bonds is 4. The molecule has 3 heteroatoms. The van der Waals surface area contributed by atoms with Crippen LogP contribution in [0.4, 0.5) is 0 Å². The van der Waals surface area contributed by atoms with Crippen molar-refractivity contribution in [2.75, 3.05) is 7.05 Å². The van der Waals surface area contributed by atoms with Crippen molar-refractivity contribution in [1.29, 1.82) is 0 Å². The second kappa shape index (κ2) is 5.96. The molecular formula is C17H16ClNS. The first-order chi connectivity index (χ1) is 9.79. The number of likely N-dealkylation sites (N-methyl/N-ethyl adjacent to an activating group) is 1. The SMILES string of the molecule is CNC(Cc1ccccc1Cl)c1csc2ccccc12. The zero-order chi connectivity index (χ0) is 13.9. The molecule has 0 fully saturated rings. The van der Waals surface area contributed by atoms with Crippen LogP contribution in [-0.4, -0.2) is 7.05 Å². The van der Waals surface area contributed by atoms with E-state index in [4.69, 9.17) is 11.6 Å². The largest absolute Gasteiger partial charge is 0.313 e. The van der Waals surface area contributed by atoms with E-state index < -0.39 is 0 Å². The molecule has 0 aliphatic carbocycles. The Bertz CT molecular complexity index is 720. The highest BCUT2D eigenvalue weighted by Gasteiger charge is 2.15. The van der Waals surface area contributed by atoms with Gasteiger partial charge in [0.25, 0.3) is 0 Å². The molecule has 3 aromatic rings. The van der Waals surface area contributed by atoms with Gasteiger partial charge in [0.2, 0.25) is 0 Å². The predicted octanol–water partition coefficient (Wildman–Crippen LogP) is 5.06. The molecule has 102 valence electrons. The summed E-state index contributed by atoms with van der Waals surface area (Å²) in [7, 11) is 2.01. The molecule has 1 nitrogen and oxygen atoms in total. The minimum atomic E-state index is 0.283. The molecule has 2 aromatic carbocycles. The second-order valence-corrected chi connectivity index (χ2v) is 6.14. The van der Waals surface area contributed by atoms with E-state index in [1.165, 1.54) is 21.2 Å². The Kier molecular flexibility index (Phi) is 4.06. The smallest absolute Gasteiger partial charge is 0.0438 e. The zero-order valence-electron chi connectivity index (χ0n) is 11.3. The van der Waals surface area contributed by atoms with Crippen LogP contribution in [0.1, 0.15) is 17.2 Å². The maximum atomic E-state index is 6.28. The molecule has 1 heterocycles. The molecule has 0 amide bonds. The molecule has 3 rings (SSSR count). The lowest BCUT2D eigenvalue weighted by Gasteiger charge is -2.17. The van der Waals surface area contributed by atoms with Crippen LogP contribution >= 0.6 is 22.9 Å². The molecule has 0 aliphatic rings. The van der Waals surface area contributed by atoms with Gasteiger partial charge in [0.15, 0.2) is 0 Å². The first-order valence-corrected chi connectivity index (χ1v) is 7.92. The third-order valence-corrected chi connectivity index (χ3v) is 4.97. The van der Waals surface area contributed by atoms with Crippen LogP contribution < -0.4 is 5.32 Å². The Morgan fingerprint density at radius 3 is 2.65 bits per heavy atom. The normalized spacial score (nSPS) is 12.7. The first kappa shape index (κ1) is 13.6. The van der Waals surface area contributed by atoms with Gasteiger partial charge in [0.05, 0.1) is 0 Å². The number of fused-ring (bicyclic) bond motifs is 1. The molecule has 0 radical (unpaired) electrons. The Balaban J connectivity index is 1.96. The van der Waals surface area contributed by atoms with E-state index in [-0.39, 0.29) is 6.04 Å². The summed E-state index contributed by atoms with van der Waals surface area (Å²) in [4.78, 5) is 0. The second-order valence-electron chi connectivity index (χ2n) is 4.82. The molecular weight excluding hydrogens is 286 g/mol. The number of nitrogens with one attached hydrogen (secondary N) is 1. The van der Waals surface area contributed by atoms with Crippen molar-refractivity contribution in [2.24, 2.45) is 0 Å². The Morgan fingerprint density at radius 1 is 1.10 bits per heavy atom. The molecule has 1 unspecified atom stereocenters. The predicted molar refractivity (Wildman–Crippen MR) is 88.8 cm³/mol. The Hall–Kier alpha value is -1.35. The maximum absolute atomic E-state index is 6.28. The summed E-state index contributed by atoms with van der Waals surface area (Å²) in [5.74, 6) is 0. The Morgan fingerprint density at radius 2 is 1.85 bits per heavy atom. The van der Waals surface area contributed by atoms with Gasteiger partial charge in [-0.15, -0.1) is 11.3 Å². The van der Waals surface area contributed by atoms with Crippen LogP contribution in [0, 0.1) is 0 Å². The van der Waals surface area contributed by atoms with Crippen molar-refractivity contribution in [1.82, 2.24) is 5.32 Å². The van der Waals surface area contributed by atoms with Gasteiger partial charge in [-0.05, 0) is 47.5 Å². The molecule has 20 heavy (non-hydrogen) atoms. The van der Waals surface area contributed by atoms with E-state index in [2.05, 4.69) is 41.0 Å². The fourth-order valence-corrected chi connectivity index (χ4v) is 3.75. The van der Waals surface area contributed by atoms with Gasteiger partial charge in [-0.25, -0.2) is 0 Å². The lowest BCUT2D eigenvalue weighted by molar-refractivity contribution is 0.598. The lowest BCUT2D eigenvalue weighted by Crippen LogP contribution is -2.18. The van der Waals surface area contributed by atoms with Gasteiger partial charge in [0.1, 0.15) is 0 Å². The van der Waals surface area contributed by atoms with E-state index >= 15 is 0 Å². The number of halogens is 1. The van der Waals surface area contributed by atoms with Crippen LogP contribution in [0.25, 0.3) is 10.1 Å². The van der Waals surface area contributed by atoms with E-state index in [0.29, 0.717) is 0 Å². The average Bonchev–Trinajstić information content (AvgIpc) is 2.90. The summed E-state index contributed by atoms with van der Waals surface area (Å²) in [6, 6.07) is 16.9. The monoisotopic (exact) mass is 301 g/mol. The van der Waals surface area contributed by atoms with Gasteiger partial charge in [-0.1, -0.05) is 48.0 Å². The molecule has 1 atom stereocenters. The van der Waals surface area contributed by atoms with Gasteiger partial charge in [0, 0.05) is 15.8 Å². The summed E-state index contributed by atoms with van der Waals surface area (Å²) in [6.07, 6.45) is 0.900. The van der Waals surface area contributed by atoms with Crippen LogP contribution in [0.15, 0.2) is 53.9 Å². The minimum absolute atomic E-state index is 0.283. The molecule has 1 aromatic heterocycles. The van der Waals surface area contributed by atoms with Gasteiger partial charge < -0.3 is 5.32 Å². The summed E-state index contributed by atoms with van der Waals surface area (Å²) < 4.78 is 1.34. The first-order valence-electron chi connectivity index (χ1n) is 6.66. The molecule has 0 aliphatic heterocycles. The third-order valence-electron chi connectivity index (χ3n) is 3.62. The number of hydrogen-bond donors (Lipinski definition) is 1. The minimum Gasteiger partial charge on any atom is -0.313 e. The van der Waals surface area contributed by atoms with Crippen LogP contribution in [-0.2, 0) is 6.42 Å². The van der Waals surface area contributed by atoms with Crippen molar-refractivity contribution in [2.45, 2.75) is 12.5 Å². The summed E-state index contributed by atoms with van der Waals surface area (Å²) >= 11 is 8.08.